The molecule has 1 aromatic carbocycles. The van der Waals surface area contributed by atoms with Gasteiger partial charge in [0.1, 0.15) is 0 Å². The average molecular weight is 243 g/mol. The van der Waals surface area contributed by atoms with Crippen LogP contribution in [0.1, 0.15) is 19.4 Å². The number of rotatable bonds is 5. The molecule has 0 heterocycles. The molecule has 2 N–H and O–H groups in total. The lowest BCUT2D eigenvalue weighted by molar-refractivity contribution is 0.282. The van der Waals surface area contributed by atoms with Crippen LogP contribution in [0.15, 0.2) is 24.3 Å². The Morgan fingerprint density at radius 1 is 1.31 bits per heavy atom. The maximum absolute atomic E-state index is 11.7. The molecule has 0 aliphatic rings. The topological polar surface area (TPSA) is 66.4 Å². The van der Waals surface area contributed by atoms with Gasteiger partial charge in [-0.3, -0.25) is 4.72 Å². The number of hydrogen-bond acceptors (Lipinski definition) is 3. The van der Waals surface area contributed by atoms with E-state index in [1.165, 1.54) is 0 Å². The quantitative estimate of drug-likeness (QED) is 0.825. The first-order chi connectivity index (χ1) is 7.44. The fraction of sp³-hybridized carbons (Fsp3) is 0.455. The molecule has 0 bridgehead atoms. The lowest BCUT2D eigenvalue weighted by Gasteiger charge is -2.12. The smallest absolute Gasteiger partial charge is 0.232 e. The van der Waals surface area contributed by atoms with Gasteiger partial charge in [0.2, 0.25) is 10.0 Å². The van der Waals surface area contributed by atoms with Crippen molar-refractivity contribution in [1.29, 1.82) is 0 Å². The van der Waals surface area contributed by atoms with Gasteiger partial charge >= 0.3 is 0 Å². The van der Waals surface area contributed by atoms with E-state index in [4.69, 9.17) is 5.11 Å². The largest absolute Gasteiger partial charge is 0.392 e. The highest BCUT2D eigenvalue weighted by Crippen LogP contribution is 2.17. The van der Waals surface area contributed by atoms with E-state index < -0.39 is 10.0 Å². The fourth-order valence-electron chi connectivity index (χ4n) is 1.41. The molecule has 0 aromatic heterocycles. The van der Waals surface area contributed by atoms with Gasteiger partial charge in [0.15, 0.2) is 0 Å². The van der Waals surface area contributed by atoms with Gasteiger partial charge in [0, 0.05) is 5.56 Å². The van der Waals surface area contributed by atoms with Crippen LogP contribution in [0, 0.1) is 5.92 Å². The molecular weight excluding hydrogens is 226 g/mol. The molecule has 16 heavy (non-hydrogen) atoms. The average Bonchev–Trinajstić information content (AvgIpc) is 2.15. The van der Waals surface area contributed by atoms with Crippen molar-refractivity contribution in [3.05, 3.63) is 29.8 Å². The molecule has 5 heteroatoms. The van der Waals surface area contributed by atoms with Crippen molar-refractivity contribution in [3.63, 3.8) is 0 Å². The van der Waals surface area contributed by atoms with Gasteiger partial charge in [0.25, 0.3) is 0 Å². The Hall–Kier alpha value is -1.07. The van der Waals surface area contributed by atoms with Crippen LogP contribution in [0.3, 0.4) is 0 Å². The molecule has 90 valence electrons. The van der Waals surface area contributed by atoms with Crippen LogP contribution in [0.5, 0.6) is 0 Å². The summed E-state index contributed by atoms with van der Waals surface area (Å²) in [7, 11) is -3.33. The number of anilines is 1. The summed E-state index contributed by atoms with van der Waals surface area (Å²) in [6.45, 7) is 3.51. The molecule has 0 amide bonds. The lowest BCUT2D eigenvalue weighted by atomic mass is 10.2. The van der Waals surface area contributed by atoms with Gasteiger partial charge in [-0.25, -0.2) is 8.42 Å². The maximum atomic E-state index is 11.7. The first-order valence-electron chi connectivity index (χ1n) is 5.14. The van der Waals surface area contributed by atoms with E-state index in [0.717, 1.165) is 0 Å². The van der Waals surface area contributed by atoms with Crippen LogP contribution >= 0.6 is 0 Å². The van der Waals surface area contributed by atoms with Gasteiger partial charge in [0.05, 0.1) is 18.0 Å². The Bertz CT molecular complexity index is 440. The second-order valence-electron chi connectivity index (χ2n) is 4.09. The minimum atomic E-state index is -3.33. The van der Waals surface area contributed by atoms with E-state index in [0.29, 0.717) is 11.3 Å². The highest BCUT2D eigenvalue weighted by molar-refractivity contribution is 7.92. The van der Waals surface area contributed by atoms with Crippen molar-refractivity contribution in [3.8, 4) is 0 Å². The van der Waals surface area contributed by atoms with Gasteiger partial charge in [-0.05, 0) is 12.0 Å². The summed E-state index contributed by atoms with van der Waals surface area (Å²) < 4.78 is 25.9. The number of sulfonamides is 1. The third-order valence-corrected chi connectivity index (χ3v) is 3.64. The third kappa shape index (κ3) is 3.83. The van der Waals surface area contributed by atoms with Crippen LogP contribution in [0.2, 0.25) is 0 Å². The van der Waals surface area contributed by atoms with E-state index in [1.54, 1.807) is 24.3 Å². The summed E-state index contributed by atoms with van der Waals surface area (Å²) in [6.07, 6.45) is 0. The molecule has 4 nitrogen and oxygen atoms in total. The summed E-state index contributed by atoms with van der Waals surface area (Å²) in [4.78, 5) is 0. The zero-order chi connectivity index (χ0) is 12.2. The van der Waals surface area contributed by atoms with Crippen molar-refractivity contribution in [1.82, 2.24) is 0 Å². The van der Waals surface area contributed by atoms with E-state index >= 15 is 0 Å². The van der Waals surface area contributed by atoms with Gasteiger partial charge in [-0.2, -0.15) is 0 Å². The Morgan fingerprint density at radius 2 is 1.94 bits per heavy atom. The Morgan fingerprint density at radius 3 is 2.50 bits per heavy atom. The summed E-state index contributed by atoms with van der Waals surface area (Å²) in [5.74, 6) is 0.144. The molecular formula is C11H17NO3S. The van der Waals surface area contributed by atoms with E-state index in [2.05, 4.69) is 4.72 Å². The number of nitrogens with one attached hydrogen (secondary N) is 1. The maximum Gasteiger partial charge on any atom is 0.232 e. The van der Waals surface area contributed by atoms with Crippen molar-refractivity contribution in [2.24, 2.45) is 5.92 Å². The Kier molecular flexibility index (Phi) is 4.32. The molecule has 0 fully saturated rings. The number of benzene rings is 1. The van der Waals surface area contributed by atoms with E-state index in [-0.39, 0.29) is 18.3 Å². The molecule has 0 aliphatic heterocycles. The summed E-state index contributed by atoms with van der Waals surface area (Å²) in [5.41, 5.74) is 1.03. The minimum Gasteiger partial charge on any atom is -0.392 e. The molecule has 0 unspecified atom stereocenters. The summed E-state index contributed by atoms with van der Waals surface area (Å²) in [6, 6.07) is 6.81. The van der Waals surface area contributed by atoms with Gasteiger partial charge in [-0.15, -0.1) is 0 Å². The number of aliphatic hydroxyl groups is 1. The molecule has 0 saturated heterocycles. The van der Waals surface area contributed by atoms with E-state index in [9.17, 15) is 8.42 Å². The molecule has 0 saturated carbocycles. The highest BCUT2D eigenvalue weighted by Gasteiger charge is 2.14. The van der Waals surface area contributed by atoms with Crippen molar-refractivity contribution in [2.45, 2.75) is 20.5 Å². The van der Waals surface area contributed by atoms with E-state index in [1.807, 2.05) is 13.8 Å². The standard InChI is InChI=1S/C11H17NO3S/c1-9(2)8-16(14,15)12-11-6-4-3-5-10(11)7-13/h3-6,9,12-13H,7-8H2,1-2H3. The monoisotopic (exact) mass is 243 g/mol. The summed E-state index contributed by atoms with van der Waals surface area (Å²) in [5, 5.41) is 9.06. The predicted octanol–water partition coefficient (Wildman–Crippen LogP) is 1.58. The summed E-state index contributed by atoms with van der Waals surface area (Å²) >= 11 is 0. The molecule has 1 rings (SSSR count). The van der Waals surface area contributed by atoms with Crippen LogP contribution in [-0.4, -0.2) is 19.3 Å². The fourth-order valence-corrected chi connectivity index (χ4v) is 2.90. The molecule has 0 atom stereocenters. The Balaban J connectivity index is 2.88. The van der Waals surface area contributed by atoms with Crippen LogP contribution in [-0.2, 0) is 16.6 Å². The lowest BCUT2D eigenvalue weighted by Crippen LogP contribution is -2.20. The minimum absolute atomic E-state index is 0.0683. The first-order valence-corrected chi connectivity index (χ1v) is 6.79. The molecule has 0 spiro atoms. The zero-order valence-corrected chi connectivity index (χ0v) is 10.3. The number of hydrogen-bond donors (Lipinski definition) is 2. The predicted molar refractivity (Wildman–Crippen MR) is 64.6 cm³/mol. The molecule has 1 aromatic rings. The van der Waals surface area contributed by atoms with Crippen LogP contribution in [0.4, 0.5) is 5.69 Å². The number of para-hydroxylation sites is 1. The third-order valence-electron chi connectivity index (χ3n) is 2.01. The second-order valence-corrected chi connectivity index (χ2v) is 5.86. The SMILES string of the molecule is CC(C)CS(=O)(=O)Nc1ccccc1CO. The first kappa shape index (κ1) is 13.0. The number of aliphatic hydroxyl groups excluding tert-OH is 1. The van der Waals surface area contributed by atoms with Crippen molar-refractivity contribution in [2.75, 3.05) is 10.5 Å². The Labute approximate surface area is 96.4 Å². The van der Waals surface area contributed by atoms with Crippen LogP contribution in [0.25, 0.3) is 0 Å². The molecule has 0 aliphatic carbocycles. The van der Waals surface area contributed by atoms with Crippen LogP contribution < -0.4 is 4.72 Å². The van der Waals surface area contributed by atoms with Crippen molar-refractivity contribution >= 4 is 15.7 Å². The van der Waals surface area contributed by atoms with Gasteiger partial charge < -0.3 is 5.11 Å². The molecule has 0 radical (unpaired) electrons. The zero-order valence-electron chi connectivity index (χ0n) is 9.47. The normalized spacial score (nSPS) is 11.8. The highest BCUT2D eigenvalue weighted by atomic mass is 32.2. The van der Waals surface area contributed by atoms with Crippen molar-refractivity contribution < 1.29 is 13.5 Å². The second kappa shape index (κ2) is 5.32. The van der Waals surface area contributed by atoms with Gasteiger partial charge in [-0.1, -0.05) is 32.0 Å².